The first-order valence-corrected chi connectivity index (χ1v) is 7.83. The zero-order valence-corrected chi connectivity index (χ0v) is 12.9. The molecule has 1 amide bonds. The Morgan fingerprint density at radius 1 is 1.53 bits per heavy atom. The van der Waals surface area contributed by atoms with Gasteiger partial charge in [-0.2, -0.15) is 0 Å². The molecule has 1 aliphatic heterocycles. The SMILES string of the molecule is CC1c2ccsc2CCN1C(=O)c1ncccc1Br. The van der Waals surface area contributed by atoms with E-state index in [9.17, 15) is 4.79 Å². The number of carbonyl (C=O) groups excluding carboxylic acids is 1. The van der Waals surface area contributed by atoms with E-state index in [-0.39, 0.29) is 11.9 Å². The molecule has 3 rings (SSSR count). The zero-order valence-electron chi connectivity index (χ0n) is 10.5. The van der Waals surface area contributed by atoms with E-state index in [2.05, 4.69) is 39.3 Å². The Bertz CT molecular complexity index is 625. The van der Waals surface area contributed by atoms with E-state index < -0.39 is 0 Å². The predicted molar refractivity (Wildman–Crippen MR) is 79.4 cm³/mol. The van der Waals surface area contributed by atoms with Crippen molar-refractivity contribution < 1.29 is 4.79 Å². The van der Waals surface area contributed by atoms with Gasteiger partial charge in [-0.3, -0.25) is 4.79 Å². The van der Waals surface area contributed by atoms with E-state index in [1.54, 1.807) is 17.5 Å². The van der Waals surface area contributed by atoms with E-state index in [1.807, 2.05) is 17.0 Å². The van der Waals surface area contributed by atoms with Gasteiger partial charge in [0, 0.05) is 22.1 Å². The van der Waals surface area contributed by atoms with Crippen molar-refractivity contribution in [1.29, 1.82) is 0 Å². The smallest absolute Gasteiger partial charge is 0.274 e. The van der Waals surface area contributed by atoms with Crippen LogP contribution in [-0.4, -0.2) is 22.3 Å². The number of nitrogens with zero attached hydrogens (tertiary/aromatic N) is 2. The molecule has 0 radical (unpaired) electrons. The second-order valence-corrected chi connectivity index (χ2v) is 6.41. The Labute approximate surface area is 124 Å². The van der Waals surface area contributed by atoms with Gasteiger partial charge in [0.1, 0.15) is 5.69 Å². The summed E-state index contributed by atoms with van der Waals surface area (Å²) in [4.78, 5) is 20.1. The number of pyridine rings is 1. The fourth-order valence-electron chi connectivity index (χ4n) is 2.47. The van der Waals surface area contributed by atoms with Gasteiger partial charge in [0.25, 0.3) is 5.91 Å². The number of carbonyl (C=O) groups is 1. The second-order valence-electron chi connectivity index (χ2n) is 4.56. The minimum Gasteiger partial charge on any atom is -0.330 e. The highest BCUT2D eigenvalue weighted by atomic mass is 79.9. The molecule has 0 aliphatic carbocycles. The molecule has 0 aromatic carbocycles. The fraction of sp³-hybridized carbons (Fsp3) is 0.286. The van der Waals surface area contributed by atoms with Gasteiger partial charge in [0.15, 0.2) is 0 Å². The molecule has 1 unspecified atom stereocenters. The van der Waals surface area contributed by atoms with Gasteiger partial charge in [-0.05, 0) is 58.4 Å². The summed E-state index contributed by atoms with van der Waals surface area (Å²) in [7, 11) is 0. The van der Waals surface area contributed by atoms with Gasteiger partial charge >= 0.3 is 0 Å². The van der Waals surface area contributed by atoms with Crippen LogP contribution in [0.3, 0.4) is 0 Å². The van der Waals surface area contributed by atoms with Crippen LogP contribution in [0.1, 0.15) is 33.9 Å². The molecule has 98 valence electrons. The Morgan fingerprint density at radius 2 is 2.37 bits per heavy atom. The van der Waals surface area contributed by atoms with Crippen molar-refractivity contribution in [2.24, 2.45) is 0 Å². The number of aromatic nitrogens is 1. The number of rotatable bonds is 1. The Morgan fingerprint density at radius 3 is 3.16 bits per heavy atom. The van der Waals surface area contributed by atoms with Crippen molar-refractivity contribution in [3.63, 3.8) is 0 Å². The number of amides is 1. The third-order valence-corrected chi connectivity index (χ3v) is 5.14. The van der Waals surface area contributed by atoms with Crippen LogP contribution in [-0.2, 0) is 6.42 Å². The van der Waals surface area contributed by atoms with Crippen LogP contribution in [0.2, 0.25) is 0 Å². The minimum atomic E-state index is -0.00294. The summed E-state index contributed by atoms with van der Waals surface area (Å²) < 4.78 is 0.753. The predicted octanol–water partition coefficient (Wildman–Crippen LogP) is 3.67. The third kappa shape index (κ3) is 2.21. The molecular formula is C14H13BrN2OS. The van der Waals surface area contributed by atoms with Crippen molar-refractivity contribution in [3.8, 4) is 0 Å². The number of hydrogen-bond donors (Lipinski definition) is 0. The molecule has 0 N–H and O–H groups in total. The summed E-state index contributed by atoms with van der Waals surface area (Å²) in [5.74, 6) is -0.00294. The maximum absolute atomic E-state index is 12.6. The number of thiophene rings is 1. The number of halogens is 1. The summed E-state index contributed by atoms with van der Waals surface area (Å²) in [6.45, 7) is 2.84. The van der Waals surface area contributed by atoms with E-state index in [0.717, 1.165) is 17.4 Å². The Hall–Kier alpha value is -1.20. The van der Waals surface area contributed by atoms with Crippen LogP contribution < -0.4 is 0 Å². The van der Waals surface area contributed by atoms with Crippen molar-refractivity contribution in [2.75, 3.05) is 6.54 Å². The van der Waals surface area contributed by atoms with Crippen molar-refractivity contribution in [2.45, 2.75) is 19.4 Å². The van der Waals surface area contributed by atoms with Crippen LogP contribution in [0, 0.1) is 0 Å². The molecule has 5 heteroatoms. The van der Waals surface area contributed by atoms with Gasteiger partial charge in [-0.25, -0.2) is 4.98 Å². The largest absolute Gasteiger partial charge is 0.330 e. The second kappa shape index (κ2) is 5.06. The molecule has 0 spiro atoms. The zero-order chi connectivity index (χ0) is 13.4. The molecule has 2 aromatic rings. The monoisotopic (exact) mass is 336 g/mol. The highest BCUT2D eigenvalue weighted by molar-refractivity contribution is 9.10. The maximum Gasteiger partial charge on any atom is 0.274 e. The van der Waals surface area contributed by atoms with Gasteiger partial charge in [-0.15, -0.1) is 11.3 Å². The van der Waals surface area contributed by atoms with Crippen LogP contribution in [0.15, 0.2) is 34.2 Å². The summed E-state index contributed by atoms with van der Waals surface area (Å²) in [5.41, 5.74) is 1.77. The van der Waals surface area contributed by atoms with Gasteiger partial charge < -0.3 is 4.90 Å². The average Bonchev–Trinajstić information content (AvgIpc) is 2.88. The minimum absolute atomic E-state index is 0.00294. The lowest BCUT2D eigenvalue weighted by Gasteiger charge is -2.33. The fourth-order valence-corrected chi connectivity index (χ4v) is 3.85. The van der Waals surface area contributed by atoms with Crippen LogP contribution in [0.5, 0.6) is 0 Å². The summed E-state index contributed by atoms with van der Waals surface area (Å²) in [6.07, 6.45) is 2.59. The summed E-state index contributed by atoms with van der Waals surface area (Å²) in [6, 6.07) is 5.91. The van der Waals surface area contributed by atoms with Crippen LogP contribution in [0.25, 0.3) is 0 Å². The highest BCUT2D eigenvalue weighted by Crippen LogP contribution is 2.34. The molecule has 0 saturated heterocycles. The molecule has 1 aliphatic rings. The average molecular weight is 337 g/mol. The van der Waals surface area contributed by atoms with Gasteiger partial charge in [0.2, 0.25) is 0 Å². The normalized spacial score (nSPS) is 18.2. The maximum atomic E-state index is 12.6. The Balaban J connectivity index is 1.92. The summed E-state index contributed by atoms with van der Waals surface area (Å²) in [5, 5.41) is 2.10. The molecule has 0 fully saturated rings. The quantitative estimate of drug-likeness (QED) is 0.796. The lowest BCUT2D eigenvalue weighted by molar-refractivity contribution is 0.0672. The first-order chi connectivity index (χ1) is 9.18. The molecule has 3 nitrogen and oxygen atoms in total. The lowest BCUT2D eigenvalue weighted by Crippen LogP contribution is -2.38. The van der Waals surface area contributed by atoms with Crippen LogP contribution in [0.4, 0.5) is 0 Å². The van der Waals surface area contributed by atoms with Crippen LogP contribution >= 0.6 is 27.3 Å². The molecule has 3 heterocycles. The van der Waals surface area contributed by atoms with E-state index in [0.29, 0.717) is 5.69 Å². The molecule has 1 atom stereocenters. The first-order valence-electron chi connectivity index (χ1n) is 6.16. The third-order valence-electron chi connectivity index (χ3n) is 3.50. The highest BCUT2D eigenvalue weighted by Gasteiger charge is 2.30. The molecular weight excluding hydrogens is 324 g/mol. The molecule has 0 saturated carbocycles. The molecule has 0 bridgehead atoms. The summed E-state index contributed by atoms with van der Waals surface area (Å²) >= 11 is 5.18. The lowest BCUT2D eigenvalue weighted by atomic mass is 10.0. The van der Waals surface area contributed by atoms with Crippen molar-refractivity contribution in [1.82, 2.24) is 9.88 Å². The topological polar surface area (TPSA) is 33.2 Å². The Kier molecular flexibility index (Phi) is 3.41. The standard InChI is InChI=1S/C14H13BrN2OS/c1-9-10-5-8-19-12(10)4-7-17(9)14(18)13-11(15)3-2-6-16-13/h2-3,5-6,8-9H,4,7H2,1H3. The van der Waals surface area contributed by atoms with E-state index in [4.69, 9.17) is 0 Å². The van der Waals surface area contributed by atoms with E-state index >= 15 is 0 Å². The first kappa shape index (κ1) is 12.8. The number of fused-ring (bicyclic) bond motifs is 1. The van der Waals surface area contributed by atoms with Crippen molar-refractivity contribution >= 4 is 33.2 Å². The van der Waals surface area contributed by atoms with Gasteiger partial charge in [0.05, 0.1) is 6.04 Å². The van der Waals surface area contributed by atoms with Crippen molar-refractivity contribution in [3.05, 3.63) is 50.4 Å². The molecule has 2 aromatic heterocycles. The van der Waals surface area contributed by atoms with Gasteiger partial charge in [-0.1, -0.05) is 0 Å². The van der Waals surface area contributed by atoms with E-state index in [1.165, 1.54) is 10.4 Å². The molecule has 19 heavy (non-hydrogen) atoms. The number of hydrogen-bond acceptors (Lipinski definition) is 3.